The molecule has 11 fully saturated rings. The highest BCUT2D eigenvalue weighted by molar-refractivity contribution is 6.39. The minimum atomic E-state index is -2.08. The fraction of sp³-hybridized carbons (Fsp3) is 0.792. The third-order valence-electron chi connectivity index (χ3n) is 23.2. The lowest BCUT2D eigenvalue weighted by molar-refractivity contribution is -0.595. The number of carbonyl (C=O) groups excluding carboxylic acids is 2. The summed E-state index contributed by atoms with van der Waals surface area (Å²) in [6.07, 6.45) is -39.7. The summed E-state index contributed by atoms with van der Waals surface area (Å²) >= 11 is 12.8. The van der Waals surface area contributed by atoms with Crippen LogP contribution < -0.4 is 4.74 Å². The summed E-state index contributed by atoms with van der Waals surface area (Å²) in [5, 5.41) is 103. The van der Waals surface area contributed by atoms with Gasteiger partial charge in [-0.25, -0.2) is 14.4 Å². The number of fused-ring (bicyclic) bond motifs is 4. The minimum Gasteiger partial charge on any atom is -0.508 e. The Morgan fingerprint density at radius 1 is 0.640 bits per heavy atom. The summed E-state index contributed by atoms with van der Waals surface area (Å²) in [6, 6.07) is 2.25. The molecule has 2 spiro atoms. The fourth-order valence-electron chi connectivity index (χ4n) is 17.8. The van der Waals surface area contributed by atoms with Crippen molar-refractivity contribution >= 4 is 41.1 Å². The van der Waals surface area contributed by atoms with Crippen molar-refractivity contribution in [1.82, 2.24) is 0 Å². The largest absolute Gasteiger partial charge is 0.508 e. The van der Waals surface area contributed by atoms with Gasteiger partial charge in [0.1, 0.15) is 132 Å². The molecule has 0 aromatic heterocycles. The molecular weight excluding hydrogens is 1570 g/mol. The quantitative estimate of drug-likeness (QED) is 0.0445. The van der Waals surface area contributed by atoms with E-state index in [2.05, 4.69) is 0 Å². The Hall–Kier alpha value is -5.05. The zero-order valence-electron chi connectivity index (χ0n) is 64.6. The highest BCUT2D eigenvalue weighted by Crippen LogP contribution is 2.54. The van der Waals surface area contributed by atoms with Crippen molar-refractivity contribution in [3.63, 3.8) is 0 Å². The van der Waals surface area contributed by atoms with E-state index in [1.165, 1.54) is 69.3 Å². The fourth-order valence-corrected chi connectivity index (χ4v) is 18.3. The first-order valence-electron chi connectivity index (χ1n) is 37.2. The molecule has 40 nitrogen and oxygen atoms in total. The third kappa shape index (κ3) is 16.0. The number of phenols is 3. The van der Waals surface area contributed by atoms with Crippen molar-refractivity contribution in [1.29, 1.82) is 0 Å². The first kappa shape index (κ1) is 86.8. The number of aromatic hydroxyl groups is 3. The van der Waals surface area contributed by atoms with E-state index in [1.807, 2.05) is 0 Å². The number of carboxylic acid groups (broad SMARTS) is 1. The van der Waals surface area contributed by atoms with Gasteiger partial charge >= 0.3 is 23.9 Å². The molecule has 0 aliphatic carbocycles. The van der Waals surface area contributed by atoms with Crippen molar-refractivity contribution in [2.45, 2.75) is 289 Å². The number of aliphatic hydroxyl groups excluding tert-OH is 4. The highest BCUT2D eigenvalue weighted by Gasteiger charge is 2.71. The molecule has 11 aliphatic heterocycles. The molecule has 0 radical (unpaired) electrons. The highest BCUT2D eigenvalue weighted by atomic mass is 35.5. The smallest absolute Gasteiger partial charge is 0.342 e. The van der Waals surface area contributed by atoms with Crippen LogP contribution in [0.1, 0.15) is 99.6 Å². The van der Waals surface area contributed by atoms with Gasteiger partial charge in [-0.2, -0.15) is 0 Å². The average Bonchev–Trinajstić information content (AvgIpc) is 1.57. The number of rotatable bonds is 23. The summed E-state index contributed by atoms with van der Waals surface area (Å²) in [6.45, 7) is 11.7. The molecule has 640 valence electrons. The molecule has 13 rings (SSSR count). The predicted octanol–water partition coefficient (Wildman–Crippen LogP) is 1.64. The number of phenolic OH excluding ortho intramolecular Hbond substituents is 3. The van der Waals surface area contributed by atoms with E-state index in [0.29, 0.717) is 0 Å². The van der Waals surface area contributed by atoms with Crippen molar-refractivity contribution < 1.29 is 183 Å². The van der Waals surface area contributed by atoms with Gasteiger partial charge in [0.15, 0.2) is 67.4 Å². The Labute approximate surface area is 662 Å². The van der Waals surface area contributed by atoms with Crippen LogP contribution in [0.3, 0.4) is 0 Å². The molecule has 11 heterocycles. The number of nitrogens with zero attached hydrogens (tertiary/aromatic N) is 1. The number of nitro groups is 1. The summed E-state index contributed by atoms with van der Waals surface area (Å²) in [4.78, 5) is 52.3. The monoisotopic (exact) mass is 1670 g/mol. The Bertz CT molecular complexity index is 3760. The van der Waals surface area contributed by atoms with Crippen LogP contribution in [0.25, 0.3) is 0 Å². The van der Waals surface area contributed by atoms with Crippen molar-refractivity contribution in [3.05, 3.63) is 54.5 Å². The van der Waals surface area contributed by atoms with Crippen LogP contribution in [-0.2, 0) is 123 Å². The molecule has 11 aliphatic rings. The zero-order chi connectivity index (χ0) is 82.4. The van der Waals surface area contributed by atoms with E-state index >= 15 is 0 Å². The van der Waals surface area contributed by atoms with Crippen molar-refractivity contribution in [2.24, 2.45) is 5.92 Å². The number of ether oxygens (including phenoxy) is 26. The molecule has 42 heteroatoms. The maximum Gasteiger partial charge on any atom is 0.342 e. The first-order valence-corrected chi connectivity index (χ1v) is 38.0. The summed E-state index contributed by atoms with van der Waals surface area (Å²) in [7, 11) is 6.48. The van der Waals surface area contributed by atoms with Crippen LogP contribution in [-0.4, -0.2) is 340 Å². The zero-order valence-corrected chi connectivity index (χ0v) is 66.2. The molecule has 2 aromatic carbocycles. The molecule has 8 N–H and O–H groups in total. The number of aryl methyl sites for hydroxylation is 1. The standard InChI is InChI=1S/C72H99Cl2NO39/c1-25-15-32(76)16-33(77)42(25)63(85)104-38-22-98-72(62-54(38)96-24-97-62)111-39-21-95-66(58(53(39)112-72)94-23-40(79)80)109-67-57(92-13)48(82)52(37(105-67)20-89-10)107-65-49(83)56(51(90-11)29(5)101-65)108-68-59(84)70(9)61(31(7)102-68)113-71(114-70)18-34(78)44(27(3)110-71)35-17-36(103-41-19-69(8,75(87)88)60(93-14)30(6)100-41)50(28(4)99-35)106-64(86)43-26(2)45(73)47(81)46(74)55(43)91-12/h15-16,27-31,34-39,41,44,48-54,56-62,65-68,76-78,81-84H,17-24H2,1-14H3,(H,79,80)/t27-,28-,29-,30+,31-,34-,35-,36-,37-,38-,39+,41+,44-,48+,49-,50-,51+,52-,53-,54+,56-,57+,58-,59-,60+,61-,62-,65+,66+,67+,68+,69-,70-,71-,72-/m1/s1. The number of aliphatic hydroxyl groups is 4. The molecule has 114 heavy (non-hydrogen) atoms. The number of benzene rings is 2. The number of halogens is 2. The van der Waals surface area contributed by atoms with E-state index in [1.54, 1.807) is 34.6 Å². The van der Waals surface area contributed by atoms with Gasteiger partial charge in [0, 0.05) is 58.7 Å². The Kier molecular flexibility index (Phi) is 26.1. The summed E-state index contributed by atoms with van der Waals surface area (Å²) < 4.78 is 161. The van der Waals surface area contributed by atoms with Gasteiger partial charge in [0.25, 0.3) is 11.5 Å². The van der Waals surface area contributed by atoms with E-state index in [9.17, 15) is 65.4 Å². The van der Waals surface area contributed by atoms with Crippen LogP contribution in [0.2, 0.25) is 10.0 Å². The van der Waals surface area contributed by atoms with Gasteiger partial charge in [-0.15, -0.1) is 0 Å². The van der Waals surface area contributed by atoms with Crippen LogP contribution in [0.15, 0.2) is 12.1 Å². The lowest BCUT2D eigenvalue weighted by Crippen LogP contribution is -2.68. The number of carboxylic acids is 1. The normalized spacial score (nSPS) is 44.7. The van der Waals surface area contributed by atoms with Crippen molar-refractivity contribution in [2.75, 3.05) is 68.8 Å². The van der Waals surface area contributed by atoms with E-state index in [0.717, 1.165) is 6.07 Å². The molecule has 0 unspecified atom stereocenters. The topological polar surface area (TPSA) is 496 Å². The molecule has 0 amide bonds. The van der Waals surface area contributed by atoms with Gasteiger partial charge in [0.05, 0.1) is 87.5 Å². The number of hydrogen-bond donors (Lipinski definition) is 8. The maximum absolute atomic E-state index is 14.4. The van der Waals surface area contributed by atoms with Crippen LogP contribution in [0.4, 0.5) is 0 Å². The molecule has 35 atom stereocenters. The lowest BCUT2D eigenvalue weighted by Gasteiger charge is -2.50. The Morgan fingerprint density at radius 3 is 2.01 bits per heavy atom. The maximum atomic E-state index is 14.4. The second kappa shape index (κ2) is 34.2. The van der Waals surface area contributed by atoms with E-state index in [-0.39, 0.29) is 76.6 Å². The number of aliphatic carboxylic acids is 1. The van der Waals surface area contributed by atoms with Crippen LogP contribution in [0, 0.1) is 29.9 Å². The molecule has 0 bridgehead atoms. The van der Waals surface area contributed by atoms with E-state index < -0.39 is 267 Å². The second-order valence-corrected chi connectivity index (χ2v) is 31.4. The van der Waals surface area contributed by atoms with Crippen LogP contribution >= 0.6 is 23.2 Å². The number of hydrogen-bond acceptors (Lipinski definition) is 38. The number of carbonyl (C=O) groups is 3. The average molecular weight is 1670 g/mol. The Morgan fingerprint density at radius 2 is 1.34 bits per heavy atom. The molecule has 2 aromatic rings. The van der Waals surface area contributed by atoms with E-state index in [4.69, 9.17) is 146 Å². The summed E-state index contributed by atoms with van der Waals surface area (Å²) in [5.74, 6) is -10.0. The van der Waals surface area contributed by atoms with Gasteiger partial charge < -0.3 is 164 Å². The van der Waals surface area contributed by atoms with Gasteiger partial charge in [-0.1, -0.05) is 23.2 Å². The van der Waals surface area contributed by atoms with Crippen LogP contribution in [0.5, 0.6) is 23.0 Å². The van der Waals surface area contributed by atoms with Crippen molar-refractivity contribution in [3.8, 4) is 23.0 Å². The second-order valence-electron chi connectivity index (χ2n) is 30.6. The Balaban J connectivity index is 0.670. The number of esters is 2. The molecular formula is C72H99Cl2NO39. The predicted molar refractivity (Wildman–Crippen MR) is 373 cm³/mol. The lowest BCUT2D eigenvalue weighted by atomic mass is 9.81. The SMILES string of the molecule is COC[C@H]1O[C@@H](O[C@@H]2OC[C@@H]3O[C@@]4(OC[C@@H](OC(=O)c5c(C)cc(O)cc5O)[C@@H]5OCO[C@H]54)O[C@H]3[C@H]2OCC(=O)O)[C@@H](OC)[C@@H](O)[C@@H]1O[C@@H]1O[C@H](C)[C@H](OC)[C@H](O[C@@H]2O[C@H](C)[C@H]3O[C@]4(C[C@@H](O)[C@H]([C@H]5C[C@@H](O[C@H]6C[C@@](C)([N+](=O)[O-])[C@@H](OC)[C@H](C)O6)[C@H](OC(=O)c6c(C)c(Cl)c(O)c(Cl)c6OC)[C@@H](C)O5)[C@@H](C)O4)O[C@]3(C)[C@@H]2O)[C@H]1O. The molecule has 11 saturated heterocycles. The number of methoxy groups -OCH3 is 5. The van der Waals surface area contributed by atoms with Gasteiger partial charge in [-0.05, 0) is 72.6 Å². The summed E-state index contributed by atoms with van der Waals surface area (Å²) in [5.41, 5.74) is -3.61. The van der Waals surface area contributed by atoms with Gasteiger partial charge in [-0.3, -0.25) is 10.1 Å². The molecule has 0 saturated carbocycles. The van der Waals surface area contributed by atoms with Gasteiger partial charge in [0.2, 0.25) is 0 Å². The third-order valence-corrected chi connectivity index (χ3v) is 24.0. The first-order chi connectivity index (χ1) is 54.0. The minimum absolute atomic E-state index is 0.0701.